The van der Waals surface area contributed by atoms with E-state index in [1.807, 2.05) is 37.3 Å². The standard InChI is InChI=1S/C29H34N4O4/c1-20-16-23(25-4-2-3-5-26(25)30-20)19-37-24-10-8-22(9-11-24)28(35)31-29(17-27(34)32-36)12-14-33(15-13-29)18-21-6-7-21/h2-5,8-11,16,21,36H,6-7,12-15,17-19H2,1H3,(H,31,35)(H,32,34). The third kappa shape index (κ3) is 6.26. The molecule has 0 radical (unpaired) electrons. The van der Waals surface area contributed by atoms with Gasteiger partial charge in [0.05, 0.1) is 17.5 Å². The molecule has 5 rings (SSSR count). The van der Waals surface area contributed by atoms with E-state index in [9.17, 15) is 9.59 Å². The smallest absolute Gasteiger partial charge is 0.251 e. The van der Waals surface area contributed by atoms with Crippen LogP contribution < -0.4 is 15.5 Å². The molecule has 3 aromatic rings. The Labute approximate surface area is 217 Å². The summed E-state index contributed by atoms with van der Waals surface area (Å²) in [6.45, 7) is 5.10. The van der Waals surface area contributed by atoms with Crippen LogP contribution in [0.2, 0.25) is 0 Å². The van der Waals surface area contributed by atoms with Crippen LogP contribution in [0.1, 0.15) is 53.7 Å². The number of amides is 2. The van der Waals surface area contributed by atoms with E-state index >= 15 is 0 Å². The lowest BCUT2D eigenvalue weighted by Crippen LogP contribution is -2.57. The van der Waals surface area contributed by atoms with E-state index in [0.29, 0.717) is 30.8 Å². The second kappa shape index (κ2) is 10.9. The highest BCUT2D eigenvalue weighted by atomic mass is 16.5. The Hall–Kier alpha value is -3.49. The molecule has 2 aromatic carbocycles. The molecule has 0 unspecified atom stereocenters. The van der Waals surface area contributed by atoms with Gasteiger partial charge in [-0.1, -0.05) is 18.2 Å². The number of carbonyl (C=O) groups is 2. The highest BCUT2D eigenvalue weighted by molar-refractivity contribution is 5.95. The first-order valence-electron chi connectivity index (χ1n) is 13.0. The summed E-state index contributed by atoms with van der Waals surface area (Å²) in [5, 5.41) is 13.3. The van der Waals surface area contributed by atoms with Crippen molar-refractivity contribution >= 4 is 22.7 Å². The van der Waals surface area contributed by atoms with Gasteiger partial charge < -0.3 is 15.0 Å². The van der Waals surface area contributed by atoms with Crippen LogP contribution >= 0.6 is 0 Å². The number of hydrogen-bond donors (Lipinski definition) is 3. The third-order valence-corrected chi connectivity index (χ3v) is 7.47. The van der Waals surface area contributed by atoms with E-state index in [-0.39, 0.29) is 12.3 Å². The molecule has 1 saturated carbocycles. The molecule has 0 atom stereocenters. The molecule has 2 amide bonds. The fraction of sp³-hybridized carbons (Fsp3) is 0.414. The molecule has 1 saturated heterocycles. The largest absolute Gasteiger partial charge is 0.489 e. The molecular weight excluding hydrogens is 468 g/mol. The minimum atomic E-state index is -0.681. The number of pyridine rings is 1. The maximum atomic E-state index is 13.2. The van der Waals surface area contributed by atoms with Gasteiger partial charge in [-0.05, 0) is 74.9 Å². The number of piperidine rings is 1. The summed E-state index contributed by atoms with van der Waals surface area (Å²) < 4.78 is 6.03. The number of carbonyl (C=O) groups excluding carboxylic acids is 2. The number of fused-ring (bicyclic) bond motifs is 1. The molecule has 1 aromatic heterocycles. The zero-order chi connectivity index (χ0) is 25.8. The van der Waals surface area contributed by atoms with Crippen LogP contribution in [0.25, 0.3) is 10.9 Å². The van der Waals surface area contributed by atoms with E-state index in [0.717, 1.165) is 47.7 Å². The number of para-hydroxylation sites is 1. The molecule has 0 bridgehead atoms. The number of rotatable bonds is 9. The molecule has 2 heterocycles. The molecule has 8 nitrogen and oxygen atoms in total. The predicted octanol–water partition coefficient (Wildman–Crippen LogP) is 3.99. The molecule has 0 spiro atoms. The number of likely N-dealkylation sites (tertiary alicyclic amines) is 1. The van der Waals surface area contributed by atoms with Crippen molar-refractivity contribution in [1.82, 2.24) is 20.7 Å². The van der Waals surface area contributed by atoms with Gasteiger partial charge in [-0.2, -0.15) is 0 Å². The van der Waals surface area contributed by atoms with Crippen molar-refractivity contribution < 1.29 is 19.5 Å². The van der Waals surface area contributed by atoms with Gasteiger partial charge in [0.1, 0.15) is 12.4 Å². The fourth-order valence-electron chi connectivity index (χ4n) is 5.21. The van der Waals surface area contributed by atoms with Gasteiger partial charge >= 0.3 is 0 Å². The molecule has 2 aliphatic rings. The first-order valence-corrected chi connectivity index (χ1v) is 13.0. The van der Waals surface area contributed by atoms with Crippen LogP contribution in [-0.4, -0.2) is 52.1 Å². The van der Waals surface area contributed by atoms with Crippen LogP contribution in [0.5, 0.6) is 5.75 Å². The molecule has 8 heteroatoms. The summed E-state index contributed by atoms with van der Waals surface area (Å²) in [4.78, 5) is 32.2. The Morgan fingerprint density at radius 2 is 1.84 bits per heavy atom. The highest BCUT2D eigenvalue weighted by Crippen LogP contribution is 2.33. The van der Waals surface area contributed by atoms with Crippen LogP contribution in [0.3, 0.4) is 0 Å². The van der Waals surface area contributed by atoms with Crippen molar-refractivity contribution in [3.8, 4) is 5.75 Å². The number of nitrogens with one attached hydrogen (secondary N) is 2. The van der Waals surface area contributed by atoms with Crippen molar-refractivity contribution in [2.45, 2.75) is 51.2 Å². The van der Waals surface area contributed by atoms with E-state index in [4.69, 9.17) is 9.94 Å². The zero-order valence-corrected chi connectivity index (χ0v) is 21.2. The van der Waals surface area contributed by atoms with Gasteiger partial charge in [0.25, 0.3) is 5.91 Å². The molecule has 1 aliphatic carbocycles. The third-order valence-electron chi connectivity index (χ3n) is 7.47. The van der Waals surface area contributed by atoms with Crippen molar-refractivity contribution in [2.75, 3.05) is 19.6 Å². The molecule has 2 fully saturated rings. The maximum Gasteiger partial charge on any atom is 0.251 e. The summed E-state index contributed by atoms with van der Waals surface area (Å²) in [5.74, 6) is 0.741. The lowest BCUT2D eigenvalue weighted by atomic mass is 9.83. The Bertz CT molecular complexity index is 1260. The van der Waals surface area contributed by atoms with Crippen molar-refractivity contribution in [3.63, 3.8) is 0 Å². The van der Waals surface area contributed by atoms with E-state index in [1.54, 1.807) is 29.7 Å². The minimum absolute atomic E-state index is 0.0486. The first-order chi connectivity index (χ1) is 17.9. The molecular formula is C29H34N4O4. The Morgan fingerprint density at radius 3 is 2.54 bits per heavy atom. The summed E-state index contributed by atoms with van der Waals surface area (Å²) in [7, 11) is 0. The van der Waals surface area contributed by atoms with E-state index in [1.165, 1.54) is 12.8 Å². The number of aryl methyl sites for hydroxylation is 1. The van der Waals surface area contributed by atoms with Gasteiger partial charge in [0.15, 0.2) is 0 Å². The second-order valence-corrected chi connectivity index (χ2v) is 10.4. The van der Waals surface area contributed by atoms with Crippen molar-refractivity contribution in [1.29, 1.82) is 0 Å². The predicted molar refractivity (Wildman–Crippen MR) is 140 cm³/mol. The van der Waals surface area contributed by atoms with E-state index < -0.39 is 11.4 Å². The van der Waals surface area contributed by atoms with Crippen molar-refractivity contribution in [3.05, 3.63) is 71.4 Å². The number of hydrogen-bond acceptors (Lipinski definition) is 6. The summed E-state index contributed by atoms with van der Waals surface area (Å²) in [6, 6.07) is 17.1. The minimum Gasteiger partial charge on any atom is -0.489 e. The molecule has 3 N–H and O–H groups in total. The quantitative estimate of drug-likeness (QED) is 0.302. The molecule has 194 valence electrons. The van der Waals surface area contributed by atoms with Gasteiger partial charge in [0.2, 0.25) is 5.91 Å². The van der Waals surface area contributed by atoms with E-state index in [2.05, 4.69) is 15.2 Å². The number of nitrogens with zero attached hydrogens (tertiary/aromatic N) is 2. The van der Waals surface area contributed by atoms with Gasteiger partial charge in [-0.15, -0.1) is 0 Å². The first kappa shape index (κ1) is 25.2. The van der Waals surface area contributed by atoms with Crippen LogP contribution in [0.15, 0.2) is 54.6 Å². The average molecular weight is 503 g/mol. The SMILES string of the molecule is Cc1cc(COc2ccc(C(=O)NC3(CC(=O)NO)CCN(CC4CC4)CC3)cc2)c2ccccc2n1. The van der Waals surface area contributed by atoms with Gasteiger partial charge in [0, 0.05) is 41.8 Å². The second-order valence-electron chi connectivity index (χ2n) is 10.4. The Balaban J connectivity index is 1.22. The number of hydroxylamine groups is 1. The highest BCUT2D eigenvalue weighted by Gasteiger charge is 2.39. The van der Waals surface area contributed by atoms with Crippen LogP contribution in [-0.2, 0) is 11.4 Å². The maximum absolute atomic E-state index is 13.2. The Kier molecular flexibility index (Phi) is 7.39. The number of benzene rings is 2. The summed E-state index contributed by atoms with van der Waals surface area (Å²) >= 11 is 0. The topological polar surface area (TPSA) is 104 Å². The Morgan fingerprint density at radius 1 is 1.11 bits per heavy atom. The summed E-state index contributed by atoms with van der Waals surface area (Å²) in [5.41, 5.74) is 4.48. The number of ether oxygens (including phenoxy) is 1. The fourth-order valence-corrected chi connectivity index (χ4v) is 5.21. The number of aromatic nitrogens is 1. The lowest BCUT2D eigenvalue weighted by molar-refractivity contribution is -0.131. The molecule has 1 aliphatic heterocycles. The normalized spacial score (nSPS) is 17.4. The zero-order valence-electron chi connectivity index (χ0n) is 21.2. The van der Waals surface area contributed by atoms with Gasteiger partial charge in [-0.3, -0.25) is 19.8 Å². The lowest BCUT2D eigenvalue weighted by Gasteiger charge is -2.42. The monoisotopic (exact) mass is 502 g/mol. The summed E-state index contributed by atoms with van der Waals surface area (Å²) in [6.07, 6.45) is 3.97. The molecule has 37 heavy (non-hydrogen) atoms. The van der Waals surface area contributed by atoms with Crippen LogP contribution in [0.4, 0.5) is 0 Å². The van der Waals surface area contributed by atoms with Crippen LogP contribution in [0, 0.1) is 12.8 Å². The van der Waals surface area contributed by atoms with Crippen molar-refractivity contribution in [2.24, 2.45) is 5.92 Å². The van der Waals surface area contributed by atoms with Gasteiger partial charge in [-0.25, -0.2) is 5.48 Å². The average Bonchev–Trinajstić information content (AvgIpc) is 3.73.